The van der Waals surface area contributed by atoms with Crippen LogP contribution in [0.2, 0.25) is 0 Å². The van der Waals surface area contributed by atoms with E-state index in [4.69, 9.17) is 22.7 Å². The Hall–Kier alpha value is -3.56. The molecule has 2 aromatic carbocycles. The van der Waals surface area contributed by atoms with E-state index in [1.165, 1.54) is 0 Å². The quantitative estimate of drug-likeness (QED) is 0.209. The summed E-state index contributed by atoms with van der Waals surface area (Å²) >= 11 is 4.78. The largest absolute Gasteiger partial charge is 0.383 e. The van der Waals surface area contributed by atoms with Gasteiger partial charge >= 0.3 is 0 Å². The number of hydrazone groups is 1. The van der Waals surface area contributed by atoms with Crippen molar-refractivity contribution >= 4 is 39.9 Å². The van der Waals surface area contributed by atoms with E-state index in [9.17, 15) is 9.59 Å². The molecule has 3 aromatic rings. The summed E-state index contributed by atoms with van der Waals surface area (Å²) in [5, 5.41) is 7.32. The SMILES string of the molecule is COCCNC(=O)c1cn(Cc2ccccc2)c2ccc(/C(C)=N/NC(N)=S)cc2c1=O. The second-order valence-electron chi connectivity index (χ2n) is 7.14. The van der Waals surface area contributed by atoms with Gasteiger partial charge in [0.05, 0.1) is 17.8 Å². The number of ether oxygens (including phenoxy) is 1. The number of pyridine rings is 1. The van der Waals surface area contributed by atoms with Crippen molar-refractivity contribution in [3.05, 3.63) is 81.6 Å². The summed E-state index contributed by atoms with van der Waals surface area (Å²) in [6.45, 7) is 2.94. The first-order valence-electron chi connectivity index (χ1n) is 9.99. The summed E-state index contributed by atoms with van der Waals surface area (Å²) in [4.78, 5) is 26.0. The van der Waals surface area contributed by atoms with Crippen molar-refractivity contribution in [2.75, 3.05) is 20.3 Å². The molecule has 3 rings (SSSR count). The minimum Gasteiger partial charge on any atom is -0.383 e. The zero-order valence-electron chi connectivity index (χ0n) is 17.9. The molecule has 0 atom stereocenters. The summed E-state index contributed by atoms with van der Waals surface area (Å²) in [7, 11) is 1.55. The number of hydrogen-bond donors (Lipinski definition) is 3. The molecule has 0 saturated carbocycles. The number of carbonyl (C=O) groups excluding carboxylic acids is 1. The van der Waals surface area contributed by atoms with Crippen molar-refractivity contribution in [3.8, 4) is 0 Å². The zero-order valence-corrected chi connectivity index (χ0v) is 18.7. The summed E-state index contributed by atoms with van der Waals surface area (Å²) in [5.74, 6) is -0.443. The van der Waals surface area contributed by atoms with Crippen molar-refractivity contribution in [3.63, 3.8) is 0 Å². The van der Waals surface area contributed by atoms with Crippen LogP contribution in [0.1, 0.15) is 28.4 Å². The molecule has 32 heavy (non-hydrogen) atoms. The van der Waals surface area contributed by atoms with Gasteiger partial charge in [-0.05, 0) is 42.4 Å². The Morgan fingerprint density at radius 3 is 2.66 bits per heavy atom. The van der Waals surface area contributed by atoms with Crippen molar-refractivity contribution in [1.82, 2.24) is 15.3 Å². The number of nitrogens with one attached hydrogen (secondary N) is 2. The maximum Gasteiger partial charge on any atom is 0.256 e. The minimum atomic E-state index is -0.443. The number of aromatic nitrogens is 1. The fourth-order valence-corrected chi connectivity index (χ4v) is 3.31. The van der Waals surface area contributed by atoms with Crippen molar-refractivity contribution in [1.29, 1.82) is 0 Å². The van der Waals surface area contributed by atoms with E-state index in [2.05, 4.69) is 15.8 Å². The average Bonchev–Trinajstić information content (AvgIpc) is 2.79. The van der Waals surface area contributed by atoms with Gasteiger partial charge in [-0.2, -0.15) is 5.10 Å². The monoisotopic (exact) mass is 451 g/mol. The second kappa shape index (κ2) is 10.7. The fourth-order valence-electron chi connectivity index (χ4n) is 3.26. The number of carbonyl (C=O) groups is 1. The third-order valence-corrected chi connectivity index (χ3v) is 4.96. The molecule has 0 spiro atoms. The van der Waals surface area contributed by atoms with E-state index in [0.29, 0.717) is 41.9 Å². The van der Waals surface area contributed by atoms with Gasteiger partial charge in [0, 0.05) is 31.8 Å². The van der Waals surface area contributed by atoms with Crippen LogP contribution in [-0.2, 0) is 11.3 Å². The third kappa shape index (κ3) is 5.57. The Bertz CT molecular complexity index is 1220. The molecule has 0 aliphatic rings. The number of thiocarbonyl (C=S) groups is 1. The van der Waals surface area contributed by atoms with Crippen LogP contribution >= 0.6 is 12.2 Å². The molecule has 0 aliphatic carbocycles. The summed E-state index contributed by atoms with van der Waals surface area (Å²) in [6.07, 6.45) is 1.61. The molecule has 8 nitrogen and oxygen atoms in total. The van der Waals surface area contributed by atoms with Gasteiger partial charge in [-0.25, -0.2) is 0 Å². The number of amides is 1. The van der Waals surface area contributed by atoms with E-state index in [0.717, 1.165) is 5.56 Å². The molecular formula is C23H25N5O3S. The molecule has 4 N–H and O–H groups in total. The van der Waals surface area contributed by atoms with Gasteiger partial charge in [0.15, 0.2) is 5.11 Å². The van der Waals surface area contributed by atoms with Crippen LogP contribution < -0.4 is 21.9 Å². The zero-order chi connectivity index (χ0) is 23.1. The molecule has 0 saturated heterocycles. The molecule has 166 valence electrons. The van der Waals surface area contributed by atoms with Crippen molar-refractivity contribution in [2.45, 2.75) is 13.5 Å². The number of benzene rings is 2. The van der Waals surface area contributed by atoms with Gasteiger partial charge in [-0.15, -0.1) is 0 Å². The topological polar surface area (TPSA) is 111 Å². The summed E-state index contributed by atoms with van der Waals surface area (Å²) in [5.41, 5.74) is 10.8. The first-order chi connectivity index (χ1) is 15.4. The van der Waals surface area contributed by atoms with Gasteiger partial charge < -0.3 is 20.4 Å². The van der Waals surface area contributed by atoms with Gasteiger partial charge in [0.2, 0.25) is 5.43 Å². The number of fused-ring (bicyclic) bond motifs is 1. The lowest BCUT2D eigenvalue weighted by Gasteiger charge is -2.15. The molecule has 0 aliphatic heterocycles. The highest BCUT2D eigenvalue weighted by Gasteiger charge is 2.16. The molecule has 1 heterocycles. The van der Waals surface area contributed by atoms with E-state index >= 15 is 0 Å². The highest BCUT2D eigenvalue weighted by molar-refractivity contribution is 7.80. The number of methoxy groups -OCH3 is 1. The predicted molar refractivity (Wildman–Crippen MR) is 130 cm³/mol. The van der Waals surface area contributed by atoms with Crippen molar-refractivity contribution in [2.24, 2.45) is 10.8 Å². The highest BCUT2D eigenvalue weighted by atomic mass is 32.1. The molecule has 1 amide bonds. The Labute approximate surface area is 191 Å². The number of rotatable bonds is 8. The first kappa shape index (κ1) is 23.1. The summed E-state index contributed by atoms with van der Waals surface area (Å²) < 4.78 is 6.88. The van der Waals surface area contributed by atoms with Crippen molar-refractivity contribution < 1.29 is 9.53 Å². The maximum atomic E-state index is 13.2. The normalized spacial score (nSPS) is 11.4. The highest BCUT2D eigenvalue weighted by Crippen LogP contribution is 2.17. The molecule has 9 heteroatoms. The van der Waals surface area contributed by atoms with Crippen LogP contribution in [0.4, 0.5) is 0 Å². The second-order valence-corrected chi connectivity index (χ2v) is 7.58. The lowest BCUT2D eigenvalue weighted by Crippen LogP contribution is -2.32. The standard InChI is InChI=1S/C23H25N5O3S/c1-15(26-27-23(24)32)17-8-9-20-18(12-17)21(29)19(22(30)25-10-11-31-2)14-28(20)13-16-6-4-3-5-7-16/h3-9,12,14H,10-11,13H2,1-2H3,(H,25,30)(H3,24,27,32)/b26-15+. The minimum absolute atomic E-state index is 0.0466. The van der Waals surface area contributed by atoms with Crippen LogP contribution in [-0.4, -0.2) is 41.6 Å². The Morgan fingerprint density at radius 2 is 1.97 bits per heavy atom. The van der Waals surface area contributed by atoms with Gasteiger partial charge in [-0.1, -0.05) is 36.4 Å². The maximum absolute atomic E-state index is 13.2. The summed E-state index contributed by atoms with van der Waals surface area (Å²) in [6, 6.07) is 15.3. The van der Waals surface area contributed by atoms with Gasteiger partial charge in [0.25, 0.3) is 5.91 Å². The van der Waals surface area contributed by atoms with E-state index < -0.39 is 5.91 Å². The first-order valence-corrected chi connectivity index (χ1v) is 10.4. The molecule has 0 radical (unpaired) electrons. The number of hydrogen-bond acceptors (Lipinski definition) is 5. The van der Waals surface area contributed by atoms with Crippen LogP contribution in [0.5, 0.6) is 0 Å². The van der Waals surface area contributed by atoms with Gasteiger partial charge in [-0.3, -0.25) is 15.0 Å². The fraction of sp³-hybridized carbons (Fsp3) is 0.217. The van der Waals surface area contributed by atoms with E-state index in [1.54, 1.807) is 26.3 Å². The lowest BCUT2D eigenvalue weighted by atomic mass is 10.0. The predicted octanol–water partition coefficient (Wildman–Crippen LogP) is 1.98. The smallest absolute Gasteiger partial charge is 0.256 e. The van der Waals surface area contributed by atoms with Crippen LogP contribution in [0, 0.1) is 0 Å². The van der Waals surface area contributed by atoms with E-state index in [-0.39, 0.29) is 16.1 Å². The Balaban J connectivity index is 2.12. The number of nitrogens with two attached hydrogens (primary N) is 1. The Kier molecular flexibility index (Phi) is 7.69. The number of nitrogens with zero attached hydrogens (tertiary/aromatic N) is 2. The molecule has 0 unspecified atom stereocenters. The molecule has 0 fully saturated rings. The third-order valence-electron chi connectivity index (χ3n) is 4.86. The van der Waals surface area contributed by atoms with Crippen LogP contribution in [0.3, 0.4) is 0 Å². The lowest BCUT2D eigenvalue weighted by molar-refractivity contribution is 0.0935. The van der Waals surface area contributed by atoms with Gasteiger partial charge in [0.1, 0.15) is 5.56 Å². The van der Waals surface area contributed by atoms with Crippen LogP contribution in [0.15, 0.2) is 64.6 Å². The average molecular weight is 452 g/mol. The molecule has 0 bridgehead atoms. The molecular weight excluding hydrogens is 426 g/mol. The van der Waals surface area contributed by atoms with Crippen LogP contribution in [0.25, 0.3) is 10.9 Å². The Morgan fingerprint density at radius 1 is 1.22 bits per heavy atom. The van der Waals surface area contributed by atoms with E-state index in [1.807, 2.05) is 47.0 Å². The molecule has 1 aromatic heterocycles.